The monoisotopic (exact) mass is 311 g/mol. The zero-order valence-corrected chi connectivity index (χ0v) is 11.0. The van der Waals surface area contributed by atoms with Gasteiger partial charge < -0.3 is 10.4 Å². The summed E-state index contributed by atoms with van der Waals surface area (Å²) in [5.41, 5.74) is -1.40. The molecule has 17 heavy (non-hydrogen) atoms. The van der Waals surface area contributed by atoms with Crippen molar-refractivity contribution in [3.8, 4) is 0 Å². The summed E-state index contributed by atoms with van der Waals surface area (Å²) >= 11 is 3.02. The Morgan fingerprint density at radius 2 is 1.82 bits per heavy atom. The molecule has 0 aromatic heterocycles. The van der Waals surface area contributed by atoms with Crippen molar-refractivity contribution in [1.82, 2.24) is 0 Å². The quantitative estimate of drug-likeness (QED) is 0.893. The van der Waals surface area contributed by atoms with Gasteiger partial charge in [0.15, 0.2) is 0 Å². The van der Waals surface area contributed by atoms with Gasteiger partial charge in [0.25, 0.3) is 0 Å². The Balaban J connectivity index is 2.91. The summed E-state index contributed by atoms with van der Waals surface area (Å²) < 4.78 is 37.9. The van der Waals surface area contributed by atoms with Crippen LogP contribution in [-0.4, -0.2) is 17.3 Å². The van der Waals surface area contributed by atoms with Crippen LogP contribution in [-0.2, 0) is 6.18 Å². The Kier molecular flexibility index (Phi) is 4.09. The van der Waals surface area contributed by atoms with Gasteiger partial charge in [0, 0.05) is 16.7 Å². The van der Waals surface area contributed by atoms with Gasteiger partial charge in [-0.25, -0.2) is 0 Å². The number of hydrogen-bond donors (Lipinski definition) is 2. The van der Waals surface area contributed by atoms with E-state index >= 15 is 0 Å². The lowest BCUT2D eigenvalue weighted by atomic mass is 10.1. The molecule has 0 saturated heterocycles. The summed E-state index contributed by atoms with van der Waals surface area (Å²) in [4.78, 5) is 0. The molecule has 0 spiro atoms. The van der Waals surface area contributed by atoms with Crippen molar-refractivity contribution in [1.29, 1.82) is 0 Å². The molecule has 0 aliphatic heterocycles. The molecule has 0 saturated carbocycles. The first-order chi connectivity index (χ1) is 7.58. The lowest BCUT2D eigenvalue weighted by Gasteiger charge is -2.19. The summed E-state index contributed by atoms with van der Waals surface area (Å²) in [5, 5.41) is 12.2. The van der Waals surface area contributed by atoms with E-state index in [-0.39, 0.29) is 6.54 Å². The fourth-order valence-corrected chi connectivity index (χ4v) is 1.67. The number of rotatable bonds is 3. The third-order valence-electron chi connectivity index (χ3n) is 1.95. The zero-order chi connectivity index (χ0) is 13.3. The van der Waals surface area contributed by atoms with Crippen molar-refractivity contribution in [2.75, 3.05) is 11.9 Å². The van der Waals surface area contributed by atoms with Crippen molar-refractivity contribution in [3.05, 3.63) is 28.2 Å². The lowest BCUT2D eigenvalue weighted by molar-refractivity contribution is -0.137. The van der Waals surface area contributed by atoms with Gasteiger partial charge in [-0.1, -0.05) is 15.9 Å². The van der Waals surface area contributed by atoms with E-state index < -0.39 is 17.3 Å². The average Bonchev–Trinajstić information content (AvgIpc) is 2.11. The molecule has 1 aromatic carbocycles. The van der Waals surface area contributed by atoms with E-state index in [4.69, 9.17) is 0 Å². The second-order valence-corrected chi connectivity index (χ2v) is 5.31. The third kappa shape index (κ3) is 4.95. The molecule has 0 aliphatic carbocycles. The maximum absolute atomic E-state index is 12.5. The molecule has 96 valence electrons. The third-order valence-corrected chi connectivity index (χ3v) is 2.41. The number of alkyl halides is 3. The molecular weight excluding hydrogens is 299 g/mol. The molecule has 0 heterocycles. The molecular formula is C11H13BrF3NO. The van der Waals surface area contributed by atoms with Crippen LogP contribution in [0.25, 0.3) is 0 Å². The van der Waals surface area contributed by atoms with Crippen LogP contribution in [0, 0.1) is 0 Å². The van der Waals surface area contributed by atoms with E-state index in [9.17, 15) is 18.3 Å². The summed E-state index contributed by atoms with van der Waals surface area (Å²) in [6, 6.07) is 3.55. The summed E-state index contributed by atoms with van der Waals surface area (Å²) in [7, 11) is 0. The fraction of sp³-hybridized carbons (Fsp3) is 0.455. The van der Waals surface area contributed by atoms with Crippen LogP contribution in [0.4, 0.5) is 18.9 Å². The fourth-order valence-electron chi connectivity index (χ4n) is 1.17. The number of hydrogen-bond acceptors (Lipinski definition) is 2. The van der Waals surface area contributed by atoms with Gasteiger partial charge in [-0.15, -0.1) is 0 Å². The Morgan fingerprint density at radius 1 is 1.24 bits per heavy atom. The van der Waals surface area contributed by atoms with Gasteiger partial charge in [0.1, 0.15) is 0 Å². The molecule has 0 unspecified atom stereocenters. The minimum atomic E-state index is -4.38. The van der Waals surface area contributed by atoms with Crippen LogP contribution in [0.15, 0.2) is 22.7 Å². The van der Waals surface area contributed by atoms with Crippen molar-refractivity contribution in [2.24, 2.45) is 0 Å². The maximum Gasteiger partial charge on any atom is 0.416 e. The van der Waals surface area contributed by atoms with Crippen molar-refractivity contribution in [2.45, 2.75) is 25.6 Å². The summed E-state index contributed by atoms with van der Waals surface area (Å²) in [6.07, 6.45) is -4.38. The molecule has 2 nitrogen and oxygen atoms in total. The minimum Gasteiger partial charge on any atom is -0.389 e. The normalized spacial score (nSPS) is 12.6. The number of nitrogens with one attached hydrogen (secondary N) is 1. The molecule has 0 radical (unpaired) electrons. The molecule has 1 rings (SSSR count). The highest BCUT2D eigenvalue weighted by atomic mass is 79.9. The van der Waals surface area contributed by atoms with Crippen molar-refractivity contribution < 1.29 is 18.3 Å². The number of aliphatic hydroxyl groups is 1. The zero-order valence-electron chi connectivity index (χ0n) is 9.40. The highest BCUT2D eigenvalue weighted by Crippen LogP contribution is 2.33. The minimum absolute atomic E-state index is 0.167. The number of halogens is 4. The van der Waals surface area contributed by atoms with Crippen LogP contribution < -0.4 is 5.32 Å². The summed E-state index contributed by atoms with van der Waals surface area (Å²) in [5.74, 6) is 0. The Morgan fingerprint density at radius 3 is 2.29 bits per heavy atom. The molecule has 0 aliphatic rings. The Hall–Kier alpha value is -0.750. The van der Waals surface area contributed by atoms with Crippen LogP contribution in [0.5, 0.6) is 0 Å². The predicted octanol–water partition coefficient (Wildman–Crippen LogP) is 3.65. The van der Waals surface area contributed by atoms with E-state index in [0.717, 1.165) is 12.1 Å². The van der Waals surface area contributed by atoms with Gasteiger partial charge in [0.05, 0.1) is 11.2 Å². The van der Waals surface area contributed by atoms with Crippen LogP contribution in [0.2, 0.25) is 0 Å². The standard InChI is InChI=1S/C11H13BrF3NO/c1-10(2,17)6-16-9-4-7(11(13,14)15)3-8(12)5-9/h3-5,16-17H,6H2,1-2H3. The average molecular weight is 312 g/mol. The van der Waals surface area contributed by atoms with Crippen molar-refractivity contribution in [3.63, 3.8) is 0 Å². The van der Waals surface area contributed by atoms with E-state index in [1.54, 1.807) is 13.8 Å². The second kappa shape index (κ2) is 4.86. The van der Waals surface area contributed by atoms with Gasteiger partial charge in [-0.3, -0.25) is 0 Å². The summed E-state index contributed by atoms with van der Waals surface area (Å²) in [6.45, 7) is 3.31. The SMILES string of the molecule is CC(C)(O)CNc1cc(Br)cc(C(F)(F)F)c1. The maximum atomic E-state index is 12.5. The van der Waals surface area contributed by atoms with E-state index in [2.05, 4.69) is 21.2 Å². The molecule has 1 aromatic rings. The van der Waals surface area contributed by atoms with Gasteiger partial charge in [-0.05, 0) is 32.0 Å². The lowest BCUT2D eigenvalue weighted by Crippen LogP contribution is -2.29. The highest BCUT2D eigenvalue weighted by molar-refractivity contribution is 9.10. The van der Waals surface area contributed by atoms with E-state index in [1.165, 1.54) is 6.07 Å². The largest absolute Gasteiger partial charge is 0.416 e. The van der Waals surface area contributed by atoms with E-state index in [1.807, 2.05) is 0 Å². The van der Waals surface area contributed by atoms with Gasteiger partial charge in [0.2, 0.25) is 0 Å². The molecule has 0 amide bonds. The molecule has 2 N–H and O–H groups in total. The van der Waals surface area contributed by atoms with Gasteiger partial charge in [-0.2, -0.15) is 13.2 Å². The first-order valence-electron chi connectivity index (χ1n) is 4.92. The first-order valence-corrected chi connectivity index (χ1v) is 5.71. The number of anilines is 1. The first kappa shape index (κ1) is 14.3. The second-order valence-electron chi connectivity index (χ2n) is 4.39. The Bertz CT molecular complexity index is 399. The van der Waals surface area contributed by atoms with E-state index in [0.29, 0.717) is 10.2 Å². The molecule has 0 fully saturated rings. The molecule has 0 atom stereocenters. The molecule has 6 heteroatoms. The van der Waals surface area contributed by atoms with Crippen molar-refractivity contribution >= 4 is 21.6 Å². The predicted molar refractivity (Wildman–Crippen MR) is 63.9 cm³/mol. The van der Waals surface area contributed by atoms with Crippen LogP contribution in [0.3, 0.4) is 0 Å². The Labute approximate surface area is 106 Å². The topological polar surface area (TPSA) is 32.3 Å². The smallest absolute Gasteiger partial charge is 0.389 e. The van der Waals surface area contributed by atoms with Crippen LogP contribution >= 0.6 is 15.9 Å². The van der Waals surface area contributed by atoms with Gasteiger partial charge >= 0.3 is 6.18 Å². The highest BCUT2D eigenvalue weighted by Gasteiger charge is 2.31. The molecule has 0 bridgehead atoms. The number of benzene rings is 1. The van der Waals surface area contributed by atoms with Crippen LogP contribution in [0.1, 0.15) is 19.4 Å².